The van der Waals surface area contributed by atoms with E-state index in [9.17, 15) is 4.79 Å². The van der Waals surface area contributed by atoms with Crippen LogP contribution in [0.2, 0.25) is 0 Å². The minimum absolute atomic E-state index is 0. The molecule has 0 unspecified atom stereocenters. The minimum Gasteiger partial charge on any atom is -0.487 e. The standard InChI is InChI=1S/C11H14NO2.Rb/c1-2-14-11(13)9-12-8-10-6-4-3-5-7-10;/h3-7,9,12H,2,8H2,1H3;/q-1;+1. The van der Waals surface area contributed by atoms with E-state index in [0.717, 1.165) is 5.56 Å². The molecule has 0 spiro atoms. The van der Waals surface area contributed by atoms with E-state index in [-0.39, 0.29) is 64.2 Å². The van der Waals surface area contributed by atoms with E-state index in [2.05, 4.69) is 5.32 Å². The van der Waals surface area contributed by atoms with Crippen LogP contribution in [0.15, 0.2) is 30.3 Å². The molecule has 0 atom stereocenters. The Balaban J connectivity index is 0.00000196. The zero-order valence-corrected chi connectivity index (χ0v) is 14.1. The quantitative estimate of drug-likeness (QED) is 0.526. The fraction of sp³-hybridized carbons (Fsp3) is 0.273. The molecule has 0 saturated heterocycles. The Bertz CT molecular complexity index is 277. The van der Waals surface area contributed by atoms with Crippen molar-refractivity contribution in [2.75, 3.05) is 6.61 Å². The fourth-order valence-corrected chi connectivity index (χ4v) is 1.03. The first kappa shape index (κ1) is 15.3. The van der Waals surface area contributed by atoms with Crippen molar-refractivity contribution in [2.24, 2.45) is 0 Å². The van der Waals surface area contributed by atoms with Crippen LogP contribution in [-0.2, 0) is 16.1 Å². The smallest absolute Gasteiger partial charge is 0.487 e. The molecule has 0 amide bonds. The Labute approximate surface area is 139 Å². The van der Waals surface area contributed by atoms with E-state index in [1.165, 1.54) is 6.54 Å². The fourth-order valence-electron chi connectivity index (χ4n) is 1.03. The van der Waals surface area contributed by atoms with Gasteiger partial charge in [0.15, 0.2) is 5.97 Å². The molecule has 0 bridgehead atoms. The van der Waals surface area contributed by atoms with Crippen LogP contribution in [-0.4, -0.2) is 12.6 Å². The maximum atomic E-state index is 10.9. The number of hydrogen-bond donors (Lipinski definition) is 1. The molecule has 1 aromatic carbocycles. The van der Waals surface area contributed by atoms with Crippen molar-refractivity contribution in [3.05, 3.63) is 42.4 Å². The van der Waals surface area contributed by atoms with Gasteiger partial charge in [0.2, 0.25) is 0 Å². The summed E-state index contributed by atoms with van der Waals surface area (Å²) in [6, 6.07) is 9.86. The van der Waals surface area contributed by atoms with Crippen LogP contribution in [0.25, 0.3) is 0 Å². The molecule has 1 N–H and O–H groups in total. The van der Waals surface area contributed by atoms with Gasteiger partial charge >= 0.3 is 58.2 Å². The molecule has 76 valence electrons. The molecular weight excluding hydrogens is 264 g/mol. The van der Waals surface area contributed by atoms with E-state index in [4.69, 9.17) is 4.74 Å². The number of rotatable bonds is 5. The Morgan fingerprint density at radius 2 is 2.07 bits per heavy atom. The van der Waals surface area contributed by atoms with Gasteiger partial charge in [-0.1, -0.05) is 30.3 Å². The van der Waals surface area contributed by atoms with Crippen LogP contribution in [0.4, 0.5) is 0 Å². The van der Waals surface area contributed by atoms with Crippen molar-refractivity contribution in [2.45, 2.75) is 13.5 Å². The van der Waals surface area contributed by atoms with Crippen LogP contribution in [0, 0.1) is 6.54 Å². The summed E-state index contributed by atoms with van der Waals surface area (Å²) in [6.45, 7) is 4.17. The topological polar surface area (TPSA) is 38.3 Å². The Morgan fingerprint density at radius 3 is 2.67 bits per heavy atom. The minimum atomic E-state index is -0.330. The van der Waals surface area contributed by atoms with E-state index in [1.807, 2.05) is 30.3 Å². The summed E-state index contributed by atoms with van der Waals surface area (Å²) < 4.78 is 4.72. The molecular formula is C11H14NO2Rb. The summed E-state index contributed by atoms with van der Waals surface area (Å²) in [5.41, 5.74) is 1.13. The van der Waals surface area contributed by atoms with Gasteiger partial charge in [0.1, 0.15) is 0 Å². The van der Waals surface area contributed by atoms with E-state index >= 15 is 0 Å². The molecule has 0 heterocycles. The second-order valence-corrected chi connectivity index (χ2v) is 2.76. The average Bonchev–Trinajstić information content (AvgIpc) is 2.20. The predicted molar refractivity (Wildman–Crippen MR) is 54.2 cm³/mol. The third-order valence-electron chi connectivity index (χ3n) is 1.66. The van der Waals surface area contributed by atoms with Crippen molar-refractivity contribution in [3.63, 3.8) is 0 Å². The summed E-state index contributed by atoms with van der Waals surface area (Å²) in [6.07, 6.45) is 0. The zero-order chi connectivity index (χ0) is 10.2. The van der Waals surface area contributed by atoms with Crippen LogP contribution in [0.1, 0.15) is 12.5 Å². The monoisotopic (exact) mass is 277 g/mol. The molecule has 0 fully saturated rings. The number of carbonyl (C=O) groups excluding carboxylic acids is 1. The average molecular weight is 278 g/mol. The third-order valence-corrected chi connectivity index (χ3v) is 1.66. The van der Waals surface area contributed by atoms with Crippen LogP contribution in [0.3, 0.4) is 0 Å². The number of benzene rings is 1. The zero-order valence-electron chi connectivity index (χ0n) is 9.19. The first-order valence-electron chi connectivity index (χ1n) is 4.60. The van der Waals surface area contributed by atoms with Gasteiger partial charge in [-0.25, -0.2) is 6.54 Å². The SMILES string of the molecule is CCOC(=O)[CH-]NCc1ccccc1.[Rb+]. The summed E-state index contributed by atoms with van der Waals surface area (Å²) >= 11 is 0. The molecule has 1 rings (SSSR count). The van der Waals surface area contributed by atoms with Gasteiger partial charge in [-0.3, -0.25) is 4.79 Å². The Hall–Kier alpha value is 0.325. The molecule has 0 aliphatic heterocycles. The molecule has 4 heteroatoms. The molecule has 0 radical (unpaired) electrons. The van der Waals surface area contributed by atoms with Gasteiger partial charge in [-0.15, -0.1) is 0 Å². The van der Waals surface area contributed by atoms with Crippen molar-refractivity contribution < 1.29 is 67.7 Å². The first-order chi connectivity index (χ1) is 6.83. The maximum Gasteiger partial charge on any atom is 1.00 e. The Morgan fingerprint density at radius 1 is 1.40 bits per heavy atom. The summed E-state index contributed by atoms with van der Waals surface area (Å²) in [5.74, 6) is -0.330. The van der Waals surface area contributed by atoms with Gasteiger partial charge in [0.05, 0.1) is 6.61 Å². The van der Waals surface area contributed by atoms with Gasteiger partial charge in [-0.2, -0.15) is 0 Å². The molecule has 0 aliphatic carbocycles. The maximum absolute atomic E-state index is 10.9. The number of carbonyl (C=O) groups is 1. The summed E-state index contributed by atoms with van der Waals surface area (Å²) in [7, 11) is 0. The third kappa shape index (κ3) is 7.25. The molecule has 15 heavy (non-hydrogen) atoms. The van der Waals surface area contributed by atoms with E-state index < -0.39 is 0 Å². The van der Waals surface area contributed by atoms with Gasteiger partial charge in [-0.05, 0) is 19.0 Å². The number of ether oxygens (including phenoxy) is 1. The molecule has 3 nitrogen and oxygen atoms in total. The first-order valence-corrected chi connectivity index (χ1v) is 4.60. The van der Waals surface area contributed by atoms with Crippen LogP contribution < -0.4 is 63.5 Å². The van der Waals surface area contributed by atoms with Crippen LogP contribution in [0.5, 0.6) is 0 Å². The van der Waals surface area contributed by atoms with E-state index in [1.54, 1.807) is 6.92 Å². The molecule has 1 aromatic rings. The van der Waals surface area contributed by atoms with E-state index in [0.29, 0.717) is 13.2 Å². The summed E-state index contributed by atoms with van der Waals surface area (Å²) in [4.78, 5) is 10.9. The second kappa shape index (κ2) is 9.54. The van der Waals surface area contributed by atoms with Gasteiger partial charge in [0.25, 0.3) is 0 Å². The van der Waals surface area contributed by atoms with Crippen molar-refractivity contribution in [1.29, 1.82) is 0 Å². The number of hydrogen-bond acceptors (Lipinski definition) is 3. The van der Waals surface area contributed by atoms with Gasteiger partial charge in [0, 0.05) is 0 Å². The molecule has 0 saturated carbocycles. The molecule has 0 aliphatic rings. The Kier molecular flexibility index (Phi) is 9.75. The van der Waals surface area contributed by atoms with Crippen molar-refractivity contribution in [1.82, 2.24) is 5.32 Å². The van der Waals surface area contributed by atoms with Crippen molar-refractivity contribution >= 4 is 5.97 Å². The largest absolute Gasteiger partial charge is 1.00 e. The molecule has 0 aromatic heterocycles. The van der Waals surface area contributed by atoms with Crippen LogP contribution >= 0.6 is 0 Å². The van der Waals surface area contributed by atoms with Crippen molar-refractivity contribution in [3.8, 4) is 0 Å². The van der Waals surface area contributed by atoms with Gasteiger partial charge < -0.3 is 10.1 Å². The number of nitrogens with one attached hydrogen (secondary N) is 1. The second-order valence-electron chi connectivity index (χ2n) is 2.76. The summed E-state index contributed by atoms with van der Waals surface area (Å²) in [5, 5.41) is 2.89. The number of esters is 1. The normalized spacial score (nSPS) is 8.87. The predicted octanol–water partition coefficient (Wildman–Crippen LogP) is -1.49.